The van der Waals surface area contributed by atoms with Gasteiger partial charge in [0.25, 0.3) is 5.91 Å². The number of aromatic nitrogens is 3. The van der Waals surface area contributed by atoms with Crippen LogP contribution in [0.1, 0.15) is 41.2 Å². The number of amides is 1. The Kier molecular flexibility index (Phi) is 3.76. The molecular formula is C18H15FN4O2. The number of benzene rings is 1. The minimum absolute atomic E-state index is 0.0795. The number of nitrogens with one attached hydrogen (secondary N) is 2. The fraction of sp³-hybridized carbons (Fsp3) is 0.222. The third kappa shape index (κ3) is 3.00. The molecule has 0 aliphatic heterocycles. The topological polar surface area (TPSA) is 87.7 Å². The number of hydrogen-bond donors (Lipinski definition) is 2. The van der Waals surface area contributed by atoms with Crippen molar-refractivity contribution in [3.63, 3.8) is 0 Å². The molecule has 2 N–H and O–H groups in total. The molecule has 0 bridgehead atoms. The molecule has 0 atom stereocenters. The van der Waals surface area contributed by atoms with Crippen molar-refractivity contribution in [2.45, 2.75) is 25.2 Å². The highest BCUT2D eigenvalue weighted by Gasteiger charge is 2.21. The standard InChI is InChI=1S/C18H15FN4O2/c19-11-4-5-15-12(8-11)13(9-16(24)21-15)17(25)23-18-20-7-6-14(22-18)10-2-1-3-10/h4-10H,1-3H2,(H,21,24)(H,20,22,23,25). The number of pyridine rings is 1. The quantitative estimate of drug-likeness (QED) is 0.768. The van der Waals surface area contributed by atoms with Gasteiger partial charge in [-0.15, -0.1) is 0 Å². The molecule has 1 aliphatic rings. The minimum Gasteiger partial charge on any atom is -0.322 e. The summed E-state index contributed by atoms with van der Waals surface area (Å²) in [5.41, 5.74) is 0.936. The first-order chi connectivity index (χ1) is 12.1. The number of carbonyl (C=O) groups excluding carboxylic acids is 1. The van der Waals surface area contributed by atoms with E-state index in [0.29, 0.717) is 16.8 Å². The lowest BCUT2D eigenvalue weighted by Gasteiger charge is -2.24. The molecule has 2 heterocycles. The predicted molar refractivity (Wildman–Crippen MR) is 91.1 cm³/mol. The first-order valence-electron chi connectivity index (χ1n) is 8.07. The van der Waals surface area contributed by atoms with Crippen LogP contribution in [0.4, 0.5) is 10.3 Å². The van der Waals surface area contributed by atoms with Crippen molar-refractivity contribution in [3.05, 3.63) is 64.0 Å². The van der Waals surface area contributed by atoms with Crippen LogP contribution in [0.15, 0.2) is 41.3 Å². The van der Waals surface area contributed by atoms with Crippen molar-refractivity contribution in [1.29, 1.82) is 0 Å². The first-order valence-corrected chi connectivity index (χ1v) is 8.07. The second kappa shape index (κ2) is 6.08. The summed E-state index contributed by atoms with van der Waals surface area (Å²) in [6.07, 6.45) is 4.96. The largest absolute Gasteiger partial charge is 0.322 e. The van der Waals surface area contributed by atoms with E-state index in [-0.39, 0.29) is 11.5 Å². The Bertz CT molecular complexity index is 1030. The molecule has 0 saturated heterocycles. The van der Waals surface area contributed by atoms with Gasteiger partial charge in [0.05, 0.1) is 5.56 Å². The van der Waals surface area contributed by atoms with Gasteiger partial charge < -0.3 is 4.98 Å². The smallest absolute Gasteiger partial charge is 0.258 e. The molecular weight excluding hydrogens is 323 g/mol. The van der Waals surface area contributed by atoms with Crippen LogP contribution in [0.2, 0.25) is 0 Å². The lowest BCUT2D eigenvalue weighted by Crippen LogP contribution is -2.19. The van der Waals surface area contributed by atoms with Crippen molar-refractivity contribution in [2.24, 2.45) is 0 Å². The van der Waals surface area contributed by atoms with Crippen LogP contribution in [-0.4, -0.2) is 20.9 Å². The van der Waals surface area contributed by atoms with Crippen LogP contribution in [0.25, 0.3) is 10.9 Å². The number of carbonyl (C=O) groups is 1. The summed E-state index contributed by atoms with van der Waals surface area (Å²) in [5.74, 6) is -0.448. The van der Waals surface area contributed by atoms with Crippen LogP contribution in [0.5, 0.6) is 0 Å². The van der Waals surface area contributed by atoms with E-state index in [0.717, 1.165) is 24.6 Å². The van der Waals surface area contributed by atoms with Crippen LogP contribution in [0.3, 0.4) is 0 Å². The summed E-state index contributed by atoms with van der Waals surface area (Å²) < 4.78 is 13.5. The highest BCUT2D eigenvalue weighted by Crippen LogP contribution is 2.35. The molecule has 126 valence electrons. The van der Waals surface area contributed by atoms with E-state index in [9.17, 15) is 14.0 Å². The number of hydrogen-bond acceptors (Lipinski definition) is 4. The van der Waals surface area contributed by atoms with E-state index in [4.69, 9.17) is 0 Å². The Morgan fingerprint density at radius 1 is 1.24 bits per heavy atom. The molecule has 1 amide bonds. The molecule has 4 rings (SSSR count). The third-order valence-electron chi connectivity index (χ3n) is 4.48. The first kappa shape index (κ1) is 15.4. The number of anilines is 1. The van der Waals surface area contributed by atoms with Gasteiger partial charge in [0.2, 0.25) is 11.5 Å². The lowest BCUT2D eigenvalue weighted by molar-refractivity contribution is 0.102. The summed E-state index contributed by atoms with van der Waals surface area (Å²) in [4.78, 5) is 35.4. The Hall–Kier alpha value is -3.09. The fourth-order valence-corrected chi connectivity index (χ4v) is 2.95. The summed E-state index contributed by atoms with van der Waals surface area (Å²) >= 11 is 0. The normalized spacial score (nSPS) is 14.3. The van der Waals surface area contributed by atoms with E-state index in [1.807, 2.05) is 6.07 Å². The molecule has 1 saturated carbocycles. The van der Waals surface area contributed by atoms with Gasteiger partial charge in [0, 0.05) is 34.8 Å². The van der Waals surface area contributed by atoms with Crippen molar-refractivity contribution in [3.8, 4) is 0 Å². The lowest BCUT2D eigenvalue weighted by atomic mass is 9.83. The van der Waals surface area contributed by atoms with Crippen LogP contribution < -0.4 is 10.9 Å². The van der Waals surface area contributed by atoms with Gasteiger partial charge in [-0.25, -0.2) is 14.4 Å². The highest BCUT2D eigenvalue weighted by atomic mass is 19.1. The second-order valence-corrected chi connectivity index (χ2v) is 6.12. The van der Waals surface area contributed by atoms with E-state index in [2.05, 4.69) is 20.3 Å². The Morgan fingerprint density at radius 2 is 2.08 bits per heavy atom. The van der Waals surface area contributed by atoms with E-state index in [1.54, 1.807) is 6.20 Å². The van der Waals surface area contributed by atoms with Gasteiger partial charge in [0.1, 0.15) is 5.82 Å². The van der Waals surface area contributed by atoms with Crippen LogP contribution in [-0.2, 0) is 0 Å². The average molecular weight is 338 g/mol. The predicted octanol–water partition coefficient (Wildman–Crippen LogP) is 2.98. The summed E-state index contributed by atoms with van der Waals surface area (Å²) in [7, 11) is 0. The van der Waals surface area contributed by atoms with E-state index < -0.39 is 17.3 Å². The molecule has 7 heteroatoms. The van der Waals surface area contributed by atoms with Crippen LogP contribution in [0, 0.1) is 5.82 Å². The molecule has 25 heavy (non-hydrogen) atoms. The third-order valence-corrected chi connectivity index (χ3v) is 4.48. The maximum Gasteiger partial charge on any atom is 0.258 e. The van der Waals surface area contributed by atoms with Gasteiger partial charge in [-0.05, 0) is 37.1 Å². The van der Waals surface area contributed by atoms with E-state index in [1.165, 1.54) is 24.6 Å². The highest BCUT2D eigenvalue weighted by molar-refractivity contribution is 6.11. The molecule has 1 fully saturated rings. The fourth-order valence-electron chi connectivity index (χ4n) is 2.95. The summed E-state index contributed by atoms with van der Waals surface area (Å²) in [5, 5.41) is 2.93. The molecule has 6 nitrogen and oxygen atoms in total. The van der Waals surface area contributed by atoms with Gasteiger partial charge in [0.15, 0.2) is 0 Å². The number of rotatable bonds is 3. The summed E-state index contributed by atoms with van der Waals surface area (Å²) in [6.45, 7) is 0. The number of nitrogens with zero attached hydrogens (tertiary/aromatic N) is 2. The Labute approximate surface area is 142 Å². The molecule has 3 aromatic rings. The number of aromatic amines is 1. The number of H-pyrrole nitrogens is 1. The van der Waals surface area contributed by atoms with Crippen molar-refractivity contribution in [2.75, 3.05) is 5.32 Å². The monoisotopic (exact) mass is 338 g/mol. The SMILES string of the molecule is O=C(Nc1nccc(C2CCC2)n1)c1cc(=O)[nH]c2ccc(F)cc12. The van der Waals surface area contributed by atoms with Crippen molar-refractivity contribution >= 4 is 22.8 Å². The molecule has 1 aromatic carbocycles. The van der Waals surface area contributed by atoms with Crippen LogP contribution >= 0.6 is 0 Å². The maximum atomic E-state index is 13.5. The molecule has 0 radical (unpaired) electrons. The number of fused-ring (bicyclic) bond motifs is 1. The van der Waals surface area contributed by atoms with Gasteiger partial charge >= 0.3 is 0 Å². The van der Waals surface area contributed by atoms with Crippen molar-refractivity contribution in [1.82, 2.24) is 15.0 Å². The Morgan fingerprint density at radius 3 is 2.84 bits per heavy atom. The number of halogens is 1. The Balaban J connectivity index is 1.68. The zero-order valence-corrected chi connectivity index (χ0v) is 13.3. The van der Waals surface area contributed by atoms with Gasteiger partial charge in [-0.1, -0.05) is 6.42 Å². The maximum absolute atomic E-state index is 13.5. The molecule has 2 aromatic heterocycles. The van der Waals surface area contributed by atoms with Gasteiger partial charge in [-0.2, -0.15) is 0 Å². The zero-order valence-electron chi connectivity index (χ0n) is 13.3. The average Bonchev–Trinajstić information content (AvgIpc) is 2.53. The van der Waals surface area contributed by atoms with Gasteiger partial charge in [-0.3, -0.25) is 14.9 Å². The molecule has 0 spiro atoms. The minimum atomic E-state index is -0.549. The van der Waals surface area contributed by atoms with Crippen molar-refractivity contribution < 1.29 is 9.18 Å². The summed E-state index contributed by atoms with van der Waals surface area (Å²) in [6, 6.07) is 6.86. The molecule has 1 aliphatic carbocycles. The van der Waals surface area contributed by atoms with E-state index >= 15 is 0 Å². The second-order valence-electron chi connectivity index (χ2n) is 6.12. The molecule has 0 unspecified atom stereocenters. The zero-order chi connectivity index (χ0) is 17.4.